The van der Waals surface area contributed by atoms with Crippen molar-refractivity contribution in [2.45, 2.75) is 26.4 Å². The number of esters is 1. The third kappa shape index (κ3) is 4.58. The molecule has 1 saturated heterocycles. The van der Waals surface area contributed by atoms with Crippen LogP contribution in [0.15, 0.2) is 0 Å². The summed E-state index contributed by atoms with van der Waals surface area (Å²) in [5.41, 5.74) is -0.386. The van der Waals surface area contributed by atoms with Crippen LogP contribution in [-0.4, -0.2) is 49.3 Å². The van der Waals surface area contributed by atoms with E-state index in [2.05, 4.69) is 4.90 Å². The zero-order valence-electron chi connectivity index (χ0n) is 9.21. The molecule has 0 aliphatic carbocycles. The normalized spacial score (nSPS) is 19.4. The fourth-order valence-corrected chi connectivity index (χ4v) is 1.32. The average Bonchev–Trinajstić information content (AvgIpc) is 2.02. The molecule has 1 fully saturated rings. The molecule has 0 aromatic heterocycles. The van der Waals surface area contributed by atoms with Crippen molar-refractivity contribution in [2.24, 2.45) is 0 Å². The second kappa shape index (κ2) is 4.75. The van der Waals surface area contributed by atoms with Crippen LogP contribution in [0.1, 0.15) is 20.8 Å². The summed E-state index contributed by atoms with van der Waals surface area (Å²) in [5.74, 6) is -0.153. The van der Waals surface area contributed by atoms with Crippen molar-refractivity contribution in [1.29, 1.82) is 0 Å². The zero-order valence-corrected chi connectivity index (χ0v) is 9.21. The number of carbonyl (C=O) groups excluding carboxylic acids is 1. The quantitative estimate of drug-likeness (QED) is 0.615. The highest BCUT2D eigenvalue weighted by molar-refractivity contribution is 5.72. The summed E-state index contributed by atoms with van der Waals surface area (Å²) in [5, 5.41) is 0. The van der Waals surface area contributed by atoms with Gasteiger partial charge in [-0.1, -0.05) is 0 Å². The van der Waals surface area contributed by atoms with Gasteiger partial charge in [-0.25, -0.2) is 0 Å². The Bertz CT molecular complexity index is 192. The van der Waals surface area contributed by atoms with Gasteiger partial charge >= 0.3 is 5.97 Å². The van der Waals surface area contributed by atoms with Gasteiger partial charge in [0.1, 0.15) is 5.60 Å². The molecule has 0 bridgehead atoms. The van der Waals surface area contributed by atoms with Crippen LogP contribution in [0.25, 0.3) is 0 Å². The molecule has 0 N–H and O–H groups in total. The summed E-state index contributed by atoms with van der Waals surface area (Å²) < 4.78 is 10.4. The van der Waals surface area contributed by atoms with Gasteiger partial charge in [0.2, 0.25) is 0 Å². The van der Waals surface area contributed by atoms with Crippen molar-refractivity contribution in [3.8, 4) is 0 Å². The lowest BCUT2D eigenvalue weighted by atomic mass is 10.2. The van der Waals surface area contributed by atoms with Crippen molar-refractivity contribution in [2.75, 3.05) is 32.8 Å². The highest BCUT2D eigenvalue weighted by atomic mass is 16.6. The predicted molar refractivity (Wildman–Crippen MR) is 53.1 cm³/mol. The molecule has 1 rings (SSSR count). The van der Waals surface area contributed by atoms with Gasteiger partial charge in [-0.15, -0.1) is 0 Å². The second-order valence-corrected chi connectivity index (χ2v) is 4.47. The topological polar surface area (TPSA) is 38.8 Å². The maximum atomic E-state index is 11.4. The summed E-state index contributed by atoms with van der Waals surface area (Å²) in [7, 11) is 0. The SMILES string of the molecule is CC(C)(C)OC(=O)CN1CCOCC1. The predicted octanol–water partition coefficient (Wildman–Crippen LogP) is 0.660. The lowest BCUT2D eigenvalue weighted by Gasteiger charge is -2.27. The van der Waals surface area contributed by atoms with Gasteiger partial charge < -0.3 is 9.47 Å². The Morgan fingerprint density at radius 3 is 2.43 bits per heavy atom. The lowest BCUT2D eigenvalue weighted by Crippen LogP contribution is -2.41. The minimum atomic E-state index is -0.386. The van der Waals surface area contributed by atoms with E-state index in [9.17, 15) is 4.79 Å². The van der Waals surface area contributed by atoms with Gasteiger partial charge in [-0.2, -0.15) is 0 Å². The standard InChI is InChI=1S/C10H19NO3/c1-10(2,3)14-9(12)8-11-4-6-13-7-5-11/h4-8H2,1-3H3. The van der Waals surface area contributed by atoms with Crippen LogP contribution in [-0.2, 0) is 14.3 Å². The van der Waals surface area contributed by atoms with E-state index in [1.54, 1.807) is 0 Å². The van der Waals surface area contributed by atoms with E-state index in [4.69, 9.17) is 9.47 Å². The first-order chi connectivity index (χ1) is 6.47. The van der Waals surface area contributed by atoms with E-state index in [1.807, 2.05) is 20.8 Å². The Morgan fingerprint density at radius 2 is 1.93 bits per heavy atom. The number of morpholine rings is 1. The molecule has 0 radical (unpaired) electrons. The summed E-state index contributed by atoms with van der Waals surface area (Å²) in [6.07, 6.45) is 0. The fourth-order valence-electron chi connectivity index (χ4n) is 1.32. The monoisotopic (exact) mass is 201 g/mol. The van der Waals surface area contributed by atoms with Gasteiger partial charge in [-0.05, 0) is 20.8 Å². The molecular formula is C10H19NO3. The molecule has 0 saturated carbocycles. The van der Waals surface area contributed by atoms with Crippen molar-refractivity contribution in [3.63, 3.8) is 0 Å². The first kappa shape index (κ1) is 11.5. The number of hydrogen-bond acceptors (Lipinski definition) is 4. The number of hydrogen-bond donors (Lipinski definition) is 0. The minimum absolute atomic E-state index is 0.153. The molecule has 4 heteroatoms. The Balaban J connectivity index is 2.25. The minimum Gasteiger partial charge on any atom is -0.459 e. The smallest absolute Gasteiger partial charge is 0.320 e. The maximum Gasteiger partial charge on any atom is 0.320 e. The number of carbonyl (C=O) groups is 1. The van der Waals surface area contributed by atoms with E-state index in [-0.39, 0.29) is 11.6 Å². The van der Waals surface area contributed by atoms with Crippen LogP contribution in [0.5, 0.6) is 0 Å². The molecule has 1 aliphatic rings. The van der Waals surface area contributed by atoms with Crippen LogP contribution in [0, 0.1) is 0 Å². The molecule has 0 spiro atoms. The maximum absolute atomic E-state index is 11.4. The highest BCUT2D eigenvalue weighted by Gasteiger charge is 2.19. The van der Waals surface area contributed by atoms with E-state index >= 15 is 0 Å². The van der Waals surface area contributed by atoms with Gasteiger partial charge in [-0.3, -0.25) is 9.69 Å². The molecule has 82 valence electrons. The van der Waals surface area contributed by atoms with E-state index < -0.39 is 0 Å². The largest absolute Gasteiger partial charge is 0.459 e. The third-order valence-electron chi connectivity index (χ3n) is 1.88. The Kier molecular flexibility index (Phi) is 3.89. The highest BCUT2D eigenvalue weighted by Crippen LogP contribution is 2.07. The lowest BCUT2D eigenvalue weighted by molar-refractivity contribution is -0.157. The van der Waals surface area contributed by atoms with Crippen molar-refractivity contribution >= 4 is 5.97 Å². The summed E-state index contributed by atoms with van der Waals surface area (Å²) in [6.45, 7) is 9.07. The van der Waals surface area contributed by atoms with Gasteiger partial charge in [0.25, 0.3) is 0 Å². The number of rotatable bonds is 2. The van der Waals surface area contributed by atoms with Crippen LogP contribution in [0.3, 0.4) is 0 Å². The van der Waals surface area contributed by atoms with Crippen molar-refractivity contribution in [3.05, 3.63) is 0 Å². The second-order valence-electron chi connectivity index (χ2n) is 4.47. The first-order valence-corrected chi connectivity index (χ1v) is 4.99. The average molecular weight is 201 g/mol. The molecule has 1 heterocycles. The Labute approximate surface area is 85.2 Å². The van der Waals surface area contributed by atoms with Crippen LogP contribution < -0.4 is 0 Å². The molecule has 14 heavy (non-hydrogen) atoms. The fraction of sp³-hybridized carbons (Fsp3) is 0.900. The van der Waals surface area contributed by atoms with Crippen molar-refractivity contribution in [1.82, 2.24) is 4.90 Å². The molecule has 0 amide bonds. The van der Waals surface area contributed by atoms with E-state index in [1.165, 1.54) is 0 Å². The molecule has 1 aliphatic heterocycles. The van der Waals surface area contributed by atoms with Gasteiger partial charge in [0.05, 0.1) is 19.8 Å². The summed E-state index contributed by atoms with van der Waals surface area (Å²) in [4.78, 5) is 13.5. The van der Waals surface area contributed by atoms with E-state index in [0.717, 1.165) is 13.1 Å². The molecule has 4 nitrogen and oxygen atoms in total. The summed E-state index contributed by atoms with van der Waals surface area (Å²) >= 11 is 0. The van der Waals surface area contributed by atoms with Gasteiger partial charge in [0, 0.05) is 13.1 Å². The number of ether oxygens (including phenoxy) is 2. The Hall–Kier alpha value is -0.610. The first-order valence-electron chi connectivity index (χ1n) is 4.99. The molecular weight excluding hydrogens is 182 g/mol. The van der Waals surface area contributed by atoms with E-state index in [0.29, 0.717) is 19.8 Å². The molecule has 0 atom stereocenters. The number of nitrogens with zero attached hydrogens (tertiary/aromatic N) is 1. The van der Waals surface area contributed by atoms with Crippen LogP contribution in [0.4, 0.5) is 0 Å². The summed E-state index contributed by atoms with van der Waals surface area (Å²) in [6, 6.07) is 0. The molecule has 0 aromatic rings. The van der Waals surface area contributed by atoms with Crippen LogP contribution in [0.2, 0.25) is 0 Å². The van der Waals surface area contributed by atoms with Gasteiger partial charge in [0.15, 0.2) is 0 Å². The zero-order chi connectivity index (χ0) is 10.6. The third-order valence-corrected chi connectivity index (χ3v) is 1.88. The molecule has 0 aromatic carbocycles. The van der Waals surface area contributed by atoms with Crippen molar-refractivity contribution < 1.29 is 14.3 Å². The van der Waals surface area contributed by atoms with Crippen LogP contribution >= 0.6 is 0 Å². The Morgan fingerprint density at radius 1 is 1.36 bits per heavy atom. The molecule has 0 unspecified atom stereocenters.